The van der Waals surface area contributed by atoms with Crippen LogP contribution in [0.3, 0.4) is 0 Å². The highest BCUT2D eigenvalue weighted by molar-refractivity contribution is 6.05. The van der Waals surface area contributed by atoms with Gasteiger partial charge in [0.15, 0.2) is 5.82 Å². The molecule has 1 aromatic rings. The molecule has 130 valence electrons. The van der Waals surface area contributed by atoms with Gasteiger partial charge < -0.3 is 14.7 Å². The van der Waals surface area contributed by atoms with Gasteiger partial charge in [0.25, 0.3) is 5.91 Å². The minimum absolute atomic E-state index is 0.00378. The number of anilines is 2. The summed E-state index contributed by atoms with van der Waals surface area (Å²) in [6, 6.07) is 0.726. The average molecular weight is 340 g/mol. The Morgan fingerprint density at radius 3 is 2.62 bits per heavy atom. The number of likely N-dealkylation sites (N-methyl/N-ethyl adjacent to an activating group) is 1. The van der Waals surface area contributed by atoms with Crippen molar-refractivity contribution in [1.82, 2.24) is 9.88 Å². The maximum Gasteiger partial charge on any atom is 0.417 e. The Morgan fingerprint density at radius 1 is 1.25 bits per heavy atom. The number of aromatic nitrogens is 1. The molecule has 8 heteroatoms. The maximum atomic E-state index is 13.1. The van der Waals surface area contributed by atoms with Gasteiger partial charge >= 0.3 is 6.18 Å². The molecule has 1 saturated heterocycles. The fraction of sp³-hybridized carbons (Fsp3) is 0.625. The Kier molecular flexibility index (Phi) is 3.49. The minimum atomic E-state index is -4.46. The van der Waals surface area contributed by atoms with E-state index in [2.05, 4.69) is 9.88 Å². The highest BCUT2D eigenvalue weighted by atomic mass is 19.4. The van der Waals surface area contributed by atoms with Crippen molar-refractivity contribution < 1.29 is 18.0 Å². The first-order valence-corrected chi connectivity index (χ1v) is 8.22. The van der Waals surface area contributed by atoms with Crippen LogP contribution in [0.25, 0.3) is 0 Å². The molecule has 3 heterocycles. The lowest BCUT2D eigenvalue weighted by Gasteiger charge is -2.50. The fourth-order valence-corrected chi connectivity index (χ4v) is 3.68. The predicted octanol–water partition coefficient (Wildman–Crippen LogP) is 2.12. The summed E-state index contributed by atoms with van der Waals surface area (Å²) in [7, 11) is 1.95. The molecule has 1 atom stereocenters. The van der Waals surface area contributed by atoms with Gasteiger partial charge in [-0.25, -0.2) is 4.98 Å². The summed E-state index contributed by atoms with van der Waals surface area (Å²) in [6.45, 7) is 1.93. The summed E-state index contributed by atoms with van der Waals surface area (Å²) in [5.74, 6) is 0.410. The number of carbonyl (C=O) groups is 1. The van der Waals surface area contributed by atoms with Crippen molar-refractivity contribution in [2.75, 3.05) is 36.5 Å². The summed E-state index contributed by atoms with van der Waals surface area (Å²) in [6.07, 6.45) is -0.906. The molecule has 0 bridgehead atoms. The summed E-state index contributed by atoms with van der Waals surface area (Å²) < 4.78 is 39.3. The van der Waals surface area contributed by atoms with Crippen molar-refractivity contribution >= 4 is 17.4 Å². The van der Waals surface area contributed by atoms with E-state index in [1.54, 1.807) is 4.90 Å². The Labute approximate surface area is 138 Å². The molecule has 2 aliphatic heterocycles. The molecule has 1 aromatic heterocycles. The summed E-state index contributed by atoms with van der Waals surface area (Å²) in [4.78, 5) is 22.7. The first-order valence-electron chi connectivity index (χ1n) is 8.22. The van der Waals surface area contributed by atoms with Gasteiger partial charge in [-0.15, -0.1) is 0 Å². The molecular weight excluding hydrogens is 321 g/mol. The topological polar surface area (TPSA) is 39.7 Å². The molecule has 1 aliphatic carbocycles. The van der Waals surface area contributed by atoms with Crippen LogP contribution >= 0.6 is 0 Å². The van der Waals surface area contributed by atoms with Crippen LogP contribution in [0.5, 0.6) is 0 Å². The van der Waals surface area contributed by atoms with Crippen molar-refractivity contribution in [2.24, 2.45) is 0 Å². The quantitative estimate of drug-likeness (QED) is 0.785. The molecule has 0 radical (unpaired) electrons. The molecule has 0 spiro atoms. The van der Waals surface area contributed by atoms with E-state index in [9.17, 15) is 18.0 Å². The van der Waals surface area contributed by atoms with Gasteiger partial charge in [0.05, 0.1) is 11.3 Å². The summed E-state index contributed by atoms with van der Waals surface area (Å²) in [5.41, 5.74) is -0.480. The first kappa shape index (κ1) is 15.7. The van der Waals surface area contributed by atoms with Crippen molar-refractivity contribution in [2.45, 2.75) is 37.5 Å². The highest BCUT2D eigenvalue weighted by Crippen LogP contribution is 2.43. The second-order valence-corrected chi connectivity index (χ2v) is 6.83. The molecule has 3 aliphatic rings. The predicted molar refractivity (Wildman–Crippen MR) is 83.0 cm³/mol. The lowest BCUT2D eigenvalue weighted by atomic mass is 9.89. The van der Waals surface area contributed by atoms with Crippen LogP contribution in [-0.4, -0.2) is 54.6 Å². The molecule has 5 nitrogen and oxygen atoms in total. The van der Waals surface area contributed by atoms with Crippen LogP contribution in [0, 0.1) is 0 Å². The van der Waals surface area contributed by atoms with Gasteiger partial charge in [-0.3, -0.25) is 4.79 Å². The zero-order chi connectivity index (χ0) is 17.1. The third-order valence-corrected chi connectivity index (χ3v) is 5.25. The van der Waals surface area contributed by atoms with E-state index >= 15 is 0 Å². The molecule has 1 amide bonds. The van der Waals surface area contributed by atoms with Crippen LogP contribution < -0.4 is 9.80 Å². The SMILES string of the molecule is CN1CCN2c3ncc(C(F)(F)F)cc3N(C3CCC3)C(=O)C2C1. The fourth-order valence-electron chi connectivity index (χ4n) is 3.68. The van der Waals surface area contributed by atoms with Crippen molar-refractivity contribution in [1.29, 1.82) is 0 Å². The van der Waals surface area contributed by atoms with Crippen LogP contribution in [0.4, 0.5) is 24.7 Å². The number of rotatable bonds is 1. The Morgan fingerprint density at radius 2 is 2.00 bits per heavy atom. The van der Waals surface area contributed by atoms with Crippen LogP contribution in [-0.2, 0) is 11.0 Å². The monoisotopic (exact) mass is 340 g/mol. The van der Waals surface area contributed by atoms with E-state index in [-0.39, 0.29) is 18.0 Å². The Hall–Kier alpha value is -1.83. The van der Waals surface area contributed by atoms with Crippen molar-refractivity contribution in [3.05, 3.63) is 17.8 Å². The van der Waals surface area contributed by atoms with Crippen LogP contribution in [0.15, 0.2) is 12.3 Å². The number of hydrogen-bond acceptors (Lipinski definition) is 4. The number of carbonyl (C=O) groups excluding carboxylic acids is 1. The van der Waals surface area contributed by atoms with E-state index < -0.39 is 11.7 Å². The third kappa shape index (κ3) is 2.35. The van der Waals surface area contributed by atoms with Crippen LogP contribution in [0.1, 0.15) is 24.8 Å². The van der Waals surface area contributed by atoms with Crippen molar-refractivity contribution in [3.63, 3.8) is 0 Å². The molecule has 4 rings (SSSR count). The van der Waals surface area contributed by atoms with E-state index in [0.717, 1.165) is 38.1 Å². The lowest BCUT2D eigenvalue weighted by Crippen LogP contribution is -2.64. The summed E-state index contributed by atoms with van der Waals surface area (Å²) >= 11 is 0. The van der Waals surface area contributed by atoms with E-state index in [0.29, 0.717) is 24.6 Å². The largest absolute Gasteiger partial charge is 0.417 e. The molecule has 2 fully saturated rings. The summed E-state index contributed by atoms with van der Waals surface area (Å²) in [5, 5.41) is 0. The maximum absolute atomic E-state index is 13.1. The zero-order valence-electron chi connectivity index (χ0n) is 13.4. The molecule has 1 unspecified atom stereocenters. The van der Waals surface area contributed by atoms with Crippen LogP contribution in [0.2, 0.25) is 0 Å². The van der Waals surface area contributed by atoms with E-state index in [4.69, 9.17) is 0 Å². The van der Waals surface area contributed by atoms with Crippen molar-refractivity contribution in [3.8, 4) is 0 Å². The smallest absolute Gasteiger partial charge is 0.340 e. The second kappa shape index (κ2) is 5.34. The number of hydrogen-bond donors (Lipinski definition) is 0. The number of piperazine rings is 1. The number of halogens is 3. The van der Waals surface area contributed by atoms with Gasteiger partial charge in [0.1, 0.15) is 6.04 Å². The Balaban J connectivity index is 1.82. The molecule has 24 heavy (non-hydrogen) atoms. The standard InChI is InChI=1S/C16H19F3N4O/c1-21-5-6-22-13(9-21)15(24)23(11-3-2-4-11)12-7-10(16(17,18)19)8-20-14(12)22/h7-8,11,13H,2-6,9H2,1H3. The second-order valence-electron chi connectivity index (χ2n) is 6.83. The average Bonchev–Trinajstić information content (AvgIpc) is 2.48. The lowest BCUT2D eigenvalue weighted by molar-refractivity contribution is -0.138. The van der Waals surface area contributed by atoms with Gasteiger partial charge in [0.2, 0.25) is 0 Å². The third-order valence-electron chi connectivity index (χ3n) is 5.25. The number of alkyl halides is 3. The zero-order valence-corrected chi connectivity index (χ0v) is 13.4. The first-order chi connectivity index (χ1) is 11.4. The number of nitrogens with zero attached hydrogens (tertiary/aromatic N) is 4. The van der Waals surface area contributed by atoms with E-state index in [1.807, 2.05) is 11.9 Å². The number of pyridine rings is 1. The van der Waals surface area contributed by atoms with E-state index in [1.165, 1.54) is 0 Å². The number of fused-ring (bicyclic) bond motifs is 3. The molecule has 0 aromatic carbocycles. The normalized spacial score (nSPS) is 25.3. The van der Waals surface area contributed by atoms with Gasteiger partial charge in [0, 0.05) is 31.9 Å². The minimum Gasteiger partial charge on any atom is -0.340 e. The van der Waals surface area contributed by atoms with Gasteiger partial charge in [-0.05, 0) is 32.4 Å². The van der Waals surface area contributed by atoms with Gasteiger partial charge in [-0.1, -0.05) is 0 Å². The van der Waals surface area contributed by atoms with Gasteiger partial charge in [-0.2, -0.15) is 13.2 Å². The Bertz CT molecular complexity index is 674. The molecule has 0 N–H and O–H groups in total. The highest BCUT2D eigenvalue weighted by Gasteiger charge is 2.46. The molecule has 1 saturated carbocycles. The molecular formula is C16H19F3N4O. The number of amides is 1.